The van der Waals surface area contributed by atoms with Gasteiger partial charge in [0, 0.05) is 32.0 Å². The maximum atomic E-state index is 7.48. The van der Waals surface area contributed by atoms with Crippen LogP contribution >= 0.6 is 0 Å². The first-order chi connectivity index (χ1) is 31.1. The predicted octanol–water partition coefficient (Wildman–Crippen LogP) is 8.34. The van der Waals surface area contributed by atoms with Gasteiger partial charge in [0.1, 0.15) is 24.4 Å². The molecule has 0 spiro atoms. The number of methoxy groups -OCH3 is 2. The highest BCUT2D eigenvalue weighted by Gasteiger charge is 2.70. The molecule has 5 aromatic carbocycles. The van der Waals surface area contributed by atoms with Gasteiger partial charge in [0.15, 0.2) is 6.29 Å². The predicted molar refractivity (Wildman–Crippen MR) is 249 cm³/mol. The highest BCUT2D eigenvalue weighted by molar-refractivity contribution is 6.99. The fraction of sp³-hybridized carbons (Fsp3) is 0.434. The average Bonchev–Trinajstić information content (AvgIpc) is 3.32. The van der Waals surface area contributed by atoms with Gasteiger partial charge in [0.05, 0.1) is 39.6 Å². The standard InChI is InChI=1S/C53H64O10Si/c1-38(2)35-57-37-46-47-48(63-53(55-7)45-30-20-18-28-43(45)42-27-17-19-29-44(42)52(53,54-6)62-47)49(58-32-31-56-36-39-21-11-8-12-22-39)50(61-46)59-33-34-60-64(51(3,4)5,40-23-13-9-14-24-40)41-25-15-10-16-26-41/h8-30,38,46-50H,31-37H2,1-7H3/t46-,47-,48+,49+,50?,52+,53+/m1/s1. The van der Waals surface area contributed by atoms with E-state index < -0.39 is 50.6 Å². The second-order valence-electron chi connectivity index (χ2n) is 18.1. The van der Waals surface area contributed by atoms with Gasteiger partial charge in [-0.1, -0.05) is 174 Å². The Balaban J connectivity index is 1.13. The van der Waals surface area contributed by atoms with Gasteiger partial charge in [-0.25, -0.2) is 0 Å². The minimum Gasteiger partial charge on any atom is -0.405 e. The Morgan fingerprint density at radius 1 is 0.594 bits per heavy atom. The van der Waals surface area contributed by atoms with E-state index in [9.17, 15) is 0 Å². The van der Waals surface area contributed by atoms with Gasteiger partial charge in [-0.15, -0.1) is 0 Å². The molecule has 2 fully saturated rings. The fourth-order valence-corrected chi connectivity index (χ4v) is 14.3. The monoisotopic (exact) mass is 888 g/mol. The molecular formula is C53H64O10Si. The molecule has 0 radical (unpaired) electrons. The summed E-state index contributed by atoms with van der Waals surface area (Å²) in [6.07, 6.45) is -3.88. The van der Waals surface area contributed by atoms with E-state index in [0.29, 0.717) is 32.3 Å². The lowest BCUT2D eigenvalue weighted by Gasteiger charge is -2.60. The summed E-state index contributed by atoms with van der Waals surface area (Å²) in [5.41, 5.74) is 4.55. The van der Waals surface area contributed by atoms with Gasteiger partial charge in [-0.2, -0.15) is 0 Å². The zero-order chi connectivity index (χ0) is 44.8. The maximum Gasteiger partial charge on any atom is 0.261 e. The summed E-state index contributed by atoms with van der Waals surface area (Å²) < 4.78 is 68.4. The van der Waals surface area contributed by atoms with Crippen LogP contribution in [-0.2, 0) is 65.2 Å². The third kappa shape index (κ3) is 8.81. The highest BCUT2D eigenvalue weighted by atomic mass is 28.4. The minimum absolute atomic E-state index is 0.209. The van der Waals surface area contributed by atoms with Gasteiger partial charge < -0.3 is 47.1 Å². The number of hydrogen-bond acceptors (Lipinski definition) is 10. The molecule has 1 unspecified atom stereocenters. The van der Waals surface area contributed by atoms with E-state index in [-0.39, 0.29) is 24.9 Å². The number of hydrogen-bond donors (Lipinski definition) is 0. The number of rotatable bonds is 19. The summed E-state index contributed by atoms with van der Waals surface area (Å²) in [7, 11) is 0.409. The second kappa shape index (κ2) is 20.2. The van der Waals surface area contributed by atoms with E-state index >= 15 is 0 Å². The quantitative estimate of drug-likeness (QED) is 0.0596. The van der Waals surface area contributed by atoms with Crippen LogP contribution in [0.4, 0.5) is 0 Å². The van der Waals surface area contributed by atoms with E-state index in [1.54, 1.807) is 14.2 Å². The Morgan fingerprint density at radius 2 is 1.11 bits per heavy atom. The second-order valence-corrected chi connectivity index (χ2v) is 22.4. The van der Waals surface area contributed by atoms with Crippen molar-refractivity contribution in [2.45, 2.75) is 88.5 Å². The number of fused-ring (bicyclic) bond motifs is 7. The Kier molecular flexibility index (Phi) is 14.7. The van der Waals surface area contributed by atoms with Crippen LogP contribution < -0.4 is 10.4 Å². The normalized spacial score (nSPS) is 25.3. The minimum atomic E-state index is -2.85. The molecule has 1 aliphatic carbocycles. The van der Waals surface area contributed by atoms with Crippen molar-refractivity contribution in [3.05, 3.63) is 156 Å². The van der Waals surface area contributed by atoms with Crippen molar-refractivity contribution in [2.75, 3.05) is 53.9 Å². The topological polar surface area (TPSA) is 92.3 Å². The van der Waals surface area contributed by atoms with Crippen molar-refractivity contribution in [1.82, 2.24) is 0 Å². The molecule has 0 bridgehead atoms. The van der Waals surface area contributed by atoms with Gasteiger partial charge in [-0.05, 0) is 38.0 Å². The van der Waals surface area contributed by atoms with Crippen LogP contribution in [0.3, 0.4) is 0 Å². The van der Waals surface area contributed by atoms with Crippen molar-refractivity contribution >= 4 is 18.7 Å². The molecule has 340 valence electrons. The van der Waals surface area contributed by atoms with E-state index in [4.69, 9.17) is 47.1 Å². The molecule has 10 nitrogen and oxygen atoms in total. The lowest BCUT2D eigenvalue weighted by atomic mass is 9.75. The summed E-state index contributed by atoms with van der Waals surface area (Å²) in [5.74, 6) is -2.79. The van der Waals surface area contributed by atoms with Crippen LogP contribution in [0.25, 0.3) is 11.1 Å². The molecule has 0 aromatic heterocycles. The fourth-order valence-electron chi connectivity index (χ4n) is 9.76. The first-order valence-electron chi connectivity index (χ1n) is 22.6. The Hall–Kier alpha value is -4.08. The molecule has 7 atom stereocenters. The van der Waals surface area contributed by atoms with Crippen molar-refractivity contribution < 1.29 is 47.1 Å². The summed E-state index contributed by atoms with van der Waals surface area (Å²) in [4.78, 5) is 0. The summed E-state index contributed by atoms with van der Waals surface area (Å²) >= 11 is 0. The van der Waals surface area contributed by atoms with Crippen LogP contribution in [0.1, 0.15) is 51.3 Å². The molecule has 8 rings (SSSR count). The van der Waals surface area contributed by atoms with Crippen LogP contribution in [0.5, 0.6) is 0 Å². The molecular weight excluding hydrogens is 825 g/mol. The maximum absolute atomic E-state index is 7.48. The smallest absolute Gasteiger partial charge is 0.261 e. The van der Waals surface area contributed by atoms with Crippen LogP contribution in [0.2, 0.25) is 5.04 Å². The number of ether oxygens (including phenoxy) is 9. The van der Waals surface area contributed by atoms with E-state index in [1.807, 2.05) is 78.9 Å². The zero-order valence-electron chi connectivity index (χ0n) is 38.3. The molecule has 2 aliphatic heterocycles. The Bertz CT molecular complexity index is 2200. The molecule has 64 heavy (non-hydrogen) atoms. The van der Waals surface area contributed by atoms with Crippen LogP contribution in [0.15, 0.2) is 140 Å². The first-order valence-corrected chi connectivity index (χ1v) is 24.5. The molecule has 0 amide bonds. The third-order valence-electron chi connectivity index (χ3n) is 12.5. The first kappa shape index (κ1) is 46.4. The highest BCUT2D eigenvalue weighted by Crippen LogP contribution is 2.60. The zero-order valence-corrected chi connectivity index (χ0v) is 39.3. The number of benzene rings is 5. The largest absolute Gasteiger partial charge is 0.405 e. The van der Waals surface area contributed by atoms with Crippen molar-refractivity contribution in [1.29, 1.82) is 0 Å². The van der Waals surface area contributed by atoms with Gasteiger partial charge in [-0.3, -0.25) is 0 Å². The average molecular weight is 889 g/mol. The molecule has 11 heteroatoms. The van der Waals surface area contributed by atoms with Crippen molar-refractivity contribution in [3.8, 4) is 11.1 Å². The summed E-state index contributed by atoms with van der Waals surface area (Å²) in [6, 6.07) is 47.5. The molecule has 0 N–H and O–H groups in total. The third-order valence-corrected chi connectivity index (χ3v) is 17.6. The Morgan fingerprint density at radius 3 is 1.66 bits per heavy atom. The van der Waals surface area contributed by atoms with E-state index in [1.165, 1.54) is 10.4 Å². The van der Waals surface area contributed by atoms with E-state index in [0.717, 1.165) is 27.8 Å². The lowest BCUT2D eigenvalue weighted by molar-refractivity contribution is -0.506. The van der Waals surface area contributed by atoms with Crippen molar-refractivity contribution in [2.24, 2.45) is 5.92 Å². The molecule has 2 heterocycles. The van der Waals surface area contributed by atoms with Crippen LogP contribution in [0, 0.1) is 5.92 Å². The molecule has 2 saturated heterocycles. The Labute approximate surface area is 380 Å². The van der Waals surface area contributed by atoms with Gasteiger partial charge in [0.25, 0.3) is 19.9 Å². The lowest BCUT2D eigenvalue weighted by Crippen LogP contribution is -2.73. The SMILES string of the molecule is CO[C@@]12O[C@H]3[C@H](O[C@@]1(OC)c1ccccc1-c1ccccc12)[C@@H](COCC(C)C)OC(OCCO[Si](c1ccccc1)(c1ccccc1)C(C)(C)C)[C@H]3OCCOCc1ccccc1. The van der Waals surface area contributed by atoms with Crippen molar-refractivity contribution in [3.63, 3.8) is 0 Å². The molecule has 3 aliphatic rings. The molecule has 5 aromatic rings. The summed E-state index contributed by atoms with van der Waals surface area (Å²) in [5, 5.41) is 2.18. The van der Waals surface area contributed by atoms with Gasteiger partial charge >= 0.3 is 0 Å². The summed E-state index contributed by atoms with van der Waals surface area (Å²) in [6.45, 7) is 13.3. The molecule has 0 saturated carbocycles. The van der Waals surface area contributed by atoms with E-state index in [2.05, 4.69) is 95.3 Å². The van der Waals surface area contributed by atoms with Crippen LogP contribution in [-0.4, -0.2) is 92.9 Å². The van der Waals surface area contributed by atoms with Gasteiger partial charge in [0.2, 0.25) is 0 Å².